The number of nitrogens with one attached hydrogen (secondary N) is 1. The molecule has 1 aromatic carbocycles. The minimum Gasteiger partial charge on any atom is -0.444 e. The zero-order valence-corrected chi connectivity index (χ0v) is 19.4. The number of thioether (sulfide) groups is 1. The Kier molecular flexibility index (Phi) is 6.18. The summed E-state index contributed by atoms with van der Waals surface area (Å²) in [7, 11) is 2.05. The number of nitrogens with zero attached hydrogens (tertiary/aromatic N) is 6. The van der Waals surface area contributed by atoms with Gasteiger partial charge in [-0.3, -0.25) is 0 Å². The van der Waals surface area contributed by atoms with Gasteiger partial charge in [0.1, 0.15) is 5.76 Å². The van der Waals surface area contributed by atoms with Crippen LogP contribution in [0.5, 0.6) is 0 Å². The molecule has 0 saturated carbocycles. The maximum absolute atomic E-state index is 5.73. The fourth-order valence-corrected chi connectivity index (χ4v) is 5.15. The monoisotopic (exact) mass is 451 g/mol. The van der Waals surface area contributed by atoms with E-state index in [1.54, 1.807) is 6.20 Å². The number of fused-ring (bicyclic) bond motifs is 1. The summed E-state index contributed by atoms with van der Waals surface area (Å²) in [5.41, 5.74) is 2.10. The Morgan fingerprint density at radius 3 is 2.78 bits per heavy atom. The van der Waals surface area contributed by atoms with Gasteiger partial charge < -0.3 is 23.8 Å². The number of hydrogen-bond acceptors (Lipinski definition) is 7. The fraction of sp³-hybridized carbons (Fsp3) is 0.435. The lowest BCUT2D eigenvalue weighted by atomic mass is 10.1. The van der Waals surface area contributed by atoms with Crippen LogP contribution in [0.2, 0.25) is 0 Å². The Morgan fingerprint density at radius 2 is 2.03 bits per heavy atom. The van der Waals surface area contributed by atoms with Gasteiger partial charge >= 0.3 is 0 Å². The second kappa shape index (κ2) is 9.38. The molecule has 1 aliphatic rings. The van der Waals surface area contributed by atoms with E-state index in [0.717, 1.165) is 66.1 Å². The molecule has 0 aliphatic carbocycles. The predicted molar refractivity (Wildman–Crippen MR) is 127 cm³/mol. The van der Waals surface area contributed by atoms with Gasteiger partial charge in [-0.2, -0.15) is 0 Å². The van der Waals surface area contributed by atoms with Crippen LogP contribution in [0.3, 0.4) is 0 Å². The highest BCUT2D eigenvalue weighted by atomic mass is 32.2. The van der Waals surface area contributed by atoms with Gasteiger partial charge in [0.15, 0.2) is 11.0 Å². The van der Waals surface area contributed by atoms with Crippen molar-refractivity contribution in [3.63, 3.8) is 0 Å². The third-order valence-electron chi connectivity index (χ3n) is 5.97. The van der Waals surface area contributed by atoms with Crippen molar-refractivity contribution in [3.8, 4) is 0 Å². The highest BCUT2D eigenvalue weighted by Crippen LogP contribution is 2.24. The minimum atomic E-state index is 0.417. The first-order valence-electron chi connectivity index (χ1n) is 11.1. The summed E-state index contributed by atoms with van der Waals surface area (Å²) in [5, 5.41) is 4.80. The van der Waals surface area contributed by atoms with Crippen LogP contribution in [-0.4, -0.2) is 60.4 Å². The normalized spacial score (nSPS) is 15.6. The largest absolute Gasteiger partial charge is 0.444 e. The summed E-state index contributed by atoms with van der Waals surface area (Å²) in [6.07, 6.45) is 7.87. The van der Waals surface area contributed by atoms with Crippen LogP contribution in [0.15, 0.2) is 52.4 Å². The smallest absolute Gasteiger partial charge is 0.204 e. The molecule has 0 radical (unpaired) electrons. The number of hydrogen-bond donors (Lipinski definition) is 1. The van der Waals surface area contributed by atoms with Crippen LogP contribution in [0.1, 0.15) is 24.5 Å². The van der Waals surface area contributed by atoms with Crippen LogP contribution in [-0.2, 0) is 13.6 Å². The minimum absolute atomic E-state index is 0.417. The molecule has 1 saturated heterocycles. The van der Waals surface area contributed by atoms with Crippen molar-refractivity contribution in [2.45, 2.75) is 37.5 Å². The molecular formula is C23H29N7OS. The van der Waals surface area contributed by atoms with Crippen molar-refractivity contribution in [3.05, 3.63) is 54.5 Å². The van der Waals surface area contributed by atoms with Crippen molar-refractivity contribution in [1.82, 2.24) is 29.0 Å². The van der Waals surface area contributed by atoms with Crippen molar-refractivity contribution in [1.29, 1.82) is 0 Å². The molecule has 0 amide bonds. The molecule has 8 nitrogen and oxygen atoms in total. The Hall–Kier alpha value is -2.78. The number of para-hydroxylation sites is 2. The van der Waals surface area contributed by atoms with Crippen molar-refractivity contribution < 1.29 is 4.42 Å². The van der Waals surface area contributed by atoms with Gasteiger partial charge in [0.05, 0.1) is 23.8 Å². The molecule has 3 aromatic heterocycles. The molecular weight excluding hydrogens is 422 g/mol. The van der Waals surface area contributed by atoms with E-state index in [4.69, 9.17) is 9.40 Å². The molecule has 1 fully saturated rings. The van der Waals surface area contributed by atoms with Gasteiger partial charge in [0, 0.05) is 57.8 Å². The fourth-order valence-electron chi connectivity index (χ4n) is 4.22. The highest BCUT2D eigenvalue weighted by Gasteiger charge is 2.22. The molecule has 4 aromatic rings. The van der Waals surface area contributed by atoms with Gasteiger partial charge in [0.25, 0.3) is 0 Å². The van der Waals surface area contributed by atoms with E-state index in [9.17, 15) is 0 Å². The number of aryl methyl sites for hydroxylation is 2. The quantitative estimate of drug-likeness (QED) is 0.409. The molecule has 0 spiro atoms. The van der Waals surface area contributed by atoms with Crippen molar-refractivity contribution in [2.75, 3.05) is 30.7 Å². The molecule has 5 rings (SSSR count). The van der Waals surface area contributed by atoms with E-state index in [0.29, 0.717) is 18.5 Å². The molecule has 1 N–H and O–H groups in total. The summed E-state index contributed by atoms with van der Waals surface area (Å²) in [6.45, 7) is 5.78. The Morgan fingerprint density at radius 1 is 1.19 bits per heavy atom. The maximum atomic E-state index is 5.73. The Balaban J connectivity index is 1.20. The third kappa shape index (κ3) is 4.68. The van der Waals surface area contributed by atoms with Crippen LogP contribution >= 0.6 is 11.8 Å². The number of likely N-dealkylation sites (tertiary alicyclic amines) is 1. The van der Waals surface area contributed by atoms with Gasteiger partial charge in [-0.15, -0.1) is 0 Å². The summed E-state index contributed by atoms with van der Waals surface area (Å²) >= 11 is 1.82. The second-order valence-corrected chi connectivity index (χ2v) is 9.35. The van der Waals surface area contributed by atoms with Gasteiger partial charge in [-0.05, 0) is 25.0 Å². The standard InChI is InChI=1S/C23H29N7OS/c1-17-25-15-19(31-17)16-30-21-6-4-3-5-20(21)27-22(30)26-18-7-10-29(11-8-18)13-14-32-23-24-9-12-28(23)2/h3-6,9,12,15,18H,7-8,10-11,13-14,16H2,1-2H3,(H,26,27). The predicted octanol–water partition coefficient (Wildman–Crippen LogP) is 3.78. The Bertz CT molecular complexity index is 1170. The zero-order chi connectivity index (χ0) is 21.9. The maximum Gasteiger partial charge on any atom is 0.204 e. The van der Waals surface area contributed by atoms with Crippen molar-refractivity contribution >= 4 is 28.7 Å². The first-order valence-corrected chi connectivity index (χ1v) is 12.1. The molecule has 1 aliphatic heterocycles. The molecule has 0 atom stereocenters. The number of aromatic nitrogens is 5. The van der Waals surface area contributed by atoms with E-state index in [1.807, 2.05) is 44.2 Å². The van der Waals surface area contributed by atoms with Crippen molar-refractivity contribution in [2.24, 2.45) is 7.05 Å². The van der Waals surface area contributed by atoms with Crippen LogP contribution < -0.4 is 5.32 Å². The highest BCUT2D eigenvalue weighted by molar-refractivity contribution is 7.99. The number of piperidine rings is 1. The lowest BCUT2D eigenvalue weighted by molar-refractivity contribution is 0.231. The first kappa shape index (κ1) is 21.1. The topological polar surface area (TPSA) is 76.9 Å². The summed E-state index contributed by atoms with van der Waals surface area (Å²) < 4.78 is 10.0. The van der Waals surface area contributed by atoms with Crippen LogP contribution in [0.4, 0.5) is 5.95 Å². The first-order chi connectivity index (χ1) is 15.7. The number of oxazole rings is 1. The number of imidazole rings is 2. The molecule has 4 heterocycles. The number of rotatable bonds is 8. The van der Waals surface area contributed by atoms with Gasteiger partial charge in [-0.25, -0.2) is 15.0 Å². The van der Waals surface area contributed by atoms with E-state index < -0.39 is 0 Å². The second-order valence-electron chi connectivity index (χ2n) is 8.29. The molecule has 0 bridgehead atoms. The molecule has 0 unspecified atom stereocenters. The van der Waals surface area contributed by atoms with E-state index in [1.165, 1.54) is 0 Å². The summed E-state index contributed by atoms with van der Waals surface area (Å²) in [5.74, 6) is 3.50. The third-order valence-corrected chi connectivity index (χ3v) is 7.01. The molecule has 168 valence electrons. The zero-order valence-electron chi connectivity index (χ0n) is 18.6. The molecule has 32 heavy (non-hydrogen) atoms. The average molecular weight is 452 g/mol. The SMILES string of the molecule is Cc1ncc(Cn2c(NC3CCN(CCSc4nccn4C)CC3)nc3ccccc32)o1. The Labute approximate surface area is 192 Å². The molecule has 9 heteroatoms. The summed E-state index contributed by atoms with van der Waals surface area (Å²) in [4.78, 5) is 16.1. The van der Waals surface area contributed by atoms with Crippen LogP contribution in [0, 0.1) is 6.92 Å². The van der Waals surface area contributed by atoms with E-state index in [-0.39, 0.29) is 0 Å². The number of benzene rings is 1. The van der Waals surface area contributed by atoms with E-state index in [2.05, 4.69) is 47.5 Å². The lowest BCUT2D eigenvalue weighted by Crippen LogP contribution is -2.40. The van der Waals surface area contributed by atoms with Crippen LogP contribution in [0.25, 0.3) is 11.0 Å². The van der Waals surface area contributed by atoms with Gasteiger partial charge in [0.2, 0.25) is 5.95 Å². The van der Waals surface area contributed by atoms with E-state index >= 15 is 0 Å². The lowest BCUT2D eigenvalue weighted by Gasteiger charge is -2.32. The number of anilines is 1. The van der Waals surface area contributed by atoms with Gasteiger partial charge in [-0.1, -0.05) is 23.9 Å². The average Bonchev–Trinajstić information content (AvgIpc) is 3.49. The summed E-state index contributed by atoms with van der Waals surface area (Å²) in [6, 6.07) is 8.67.